The Morgan fingerprint density at radius 2 is 1.08 bits per heavy atom. The molecule has 1 saturated carbocycles. The highest BCUT2D eigenvalue weighted by Gasteiger charge is 2.46. The van der Waals surface area contributed by atoms with Crippen LogP contribution in [0.3, 0.4) is 0 Å². The molecule has 2 heterocycles. The van der Waals surface area contributed by atoms with Crippen LogP contribution in [0, 0.1) is 11.8 Å². The van der Waals surface area contributed by atoms with Crippen molar-refractivity contribution in [2.75, 3.05) is 0 Å². The van der Waals surface area contributed by atoms with Gasteiger partial charge >= 0.3 is 0 Å². The number of hydrogen-bond acceptors (Lipinski definition) is 1. The van der Waals surface area contributed by atoms with Crippen molar-refractivity contribution in [3.8, 4) is 0 Å². The molecule has 0 atom stereocenters. The number of rotatable bonds is 0. The van der Waals surface area contributed by atoms with Crippen LogP contribution in [0.1, 0.15) is 53.4 Å². The van der Waals surface area contributed by atoms with Gasteiger partial charge < -0.3 is 4.74 Å². The molecule has 0 aromatic heterocycles. The quantitative estimate of drug-likeness (QED) is 0.558. The van der Waals surface area contributed by atoms with E-state index in [1.54, 1.807) is 0 Å². The molecule has 0 aromatic carbocycles. The van der Waals surface area contributed by atoms with E-state index in [1.165, 1.54) is 25.7 Å². The maximum absolute atomic E-state index is 6.27. The van der Waals surface area contributed by atoms with Crippen molar-refractivity contribution >= 4 is 0 Å². The minimum absolute atomic E-state index is 0.106. The Labute approximate surface area is 81.9 Å². The molecule has 2 aliphatic heterocycles. The summed E-state index contributed by atoms with van der Waals surface area (Å²) >= 11 is 0. The lowest BCUT2D eigenvalue weighted by Gasteiger charge is -2.36. The molecule has 3 rings (SSSR count). The van der Waals surface area contributed by atoms with Crippen LogP contribution in [0.5, 0.6) is 0 Å². The van der Waals surface area contributed by atoms with Gasteiger partial charge in [-0.25, -0.2) is 0 Å². The molecule has 0 radical (unpaired) electrons. The van der Waals surface area contributed by atoms with E-state index < -0.39 is 0 Å². The fourth-order valence-electron chi connectivity index (χ4n) is 3.33. The zero-order valence-corrected chi connectivity index (χ0v) is 9.39. The summed E-state index contributed by atoms with van der Waals surface area (Å²) in [5, 5.41) is 0. The average molecular weight is 182 g/mol. The Morgan fingerprint density at radius 1 is 0.769 bits per heavy atom. The zero-order chi connectivity index (χ0) is 9.69. The van der Waals surface area contributed by atoms with Gasteiger partial charge in [0, 0.05) is 0 Å². The van der Waals surface area contributed by atoms with Gasteiger partial charge in [-0.1, -0.05) is 0 Å². The van der Waals surface area contributed by atoms with E-state index in [-0.39, 0.29) is 11.2 Å². The molecule has 13 heavy (non-hydrogen) atoms. The normalized spacial score (nSPS) is 41.5. The Hall–Kier alpha value is -0.0400. The second-order valence-corrected chi connectivity index (χ2v) is 5.86. The number of hydrogen-bond donors (Lipinski definition) is 0. The molecule has 0 aromatic rings. The molecule has 1 nitrogen and oxygen atoms in total. The van der Waals surface area contributed by atoms with Crippen LogP contribution in [0.25, 0.3) is 0 Å². The van der Waals surface area contributed by atoms with E-state index >= 15 is 0 Å². The lowest BCUT2D eigenvalue weighted by atomic mass is 9.73. The van der Waals surface area contributed by atoms with Gasteiger partial charge in [0.25, 0.3) is 0 Å². The van der Waals surface area contributed by atoms with Gasteiger partial charge in [-0.15, -0.1) is 0 Å². The van der Waals surface area contributed by atoms with E-state index in [1.807, 2.05) is 0 Å². The zero-order valence-electron chi connectivity index (χ0n) is 9.39. The van der Waals surface area contributed by atoms with Crippen LogP contribution in [0.4, 0.5) is 0 Å². The van der Waals surface area contributed by atoms with E-state index in [9.17, 15) is 0 Å². The van der Waals surface area contributed by atoms with Crippen LogP contribution < -0.4 is 0 Å². The monoisotopic (exact) mass is 182 g/mol. The van der Waals surface area contributed by atoms with E-state index in [0.29, 0.717) is 0 Å². The molecule has 3 aliphatic rings. The average Bonchev–Trinajstić information content (AvgIpc) is 2.14. The van der Waals surface area contributed by atoms with Gasteiger partial charge in [-0.3, -0.25) is 0 Å². The summed E-state index contributed by atoms with van der Waals surface area (Å²) in [7, 11) is 0. The Kier molecular flexibility index (Phi) is 1.99. The van der Waals surface area contributed by atoms with Gasteiger partial charge in [0.1, 0.15) is 0 Å². The molecule has 76 valence electrons. The van der Waals surface area contributed by atoms with Crippen LogP contribution in [-0.4, -0.2) is 11.2 Å². The predicted octanol–water partition coefficient (Wildman–Crippen LogP) is 3.38. The Bertz CT molecular complexity index is 175. The van der Waals surface area contributed by atoms with E-state index in [2.05, 4.69) is 27.7 Å². The third-order valence-electron chi connectivity index (χ3n) is 4.22. The molecule has 0 amide bonds. The van der Waals surface area contributed by atoms with Crippen LogP contribution in [0.15, 0.2) is 0 Å². The van der Waals surface area contributed by atoms with Crippen molar-refractivity contribution in [1.82, 2.24) is 0 Å². The third-order valence-corrected chi connectivity index (χ3v) is 4.22. The first-order valence-electron chi connectivity index (χ1n) is 5.62. The topological polar surface area (TPSA) is 9.23 Å². The van der Waals surface area contributed by atoms with Crippen molar-refractivity contribution < 1.29 is 4.74 Å². The summed E-state index contributed by atoms with van der Waals surface area (Å²) in [5.41, 5.74) is 0.212. The first kappa shape index (κ1) is 9.51. The standard InChI is InChI=1S/C12H22O/c1-11(2)9-5-7-10(8-6-9)12(3,4)13-11/h9-10H,5-8H2,1-4H3. The minimum Gasteiger partial charge on any atom is -0.369 e. The van der Waals surface area contributed by atoms with Crippen molar-refractivity contribution in [3.63, 3.8) is 0 Å². The Morgan fingerprint density at radius 3 is 1.38 bits per heavy atom. The summed E-state index contributed by atoms with van der Waals surface area (Å²) in [6, 6.07) is 0. The second-order valence-electron chi connectivity index (χ2n) is 5.86. The van der Waals surface area contributed by atoms with Gasteiger partial charge in [0.2, 0.25) is 0 Å². The lowest BCUT2D eigenvalue weighted by Crippen LogP contribution is -2.40. The van der Waals surface area contributed by atoms with Crippen molar-refractivity contribution in [2.45, 2.75) is 64.6 Å². The second kappa shape index (κ2) is 2.73. The van der Waals surface area contributed by atoms with Gasteiger partial charge in [0.05, 0.1) is 11.2 Å². The molecule has 2 saturated heterocycles. The van der Waals surface area contributed by atoms with Gasteiger partial charge in [0.15, 0.2) is 0 Å². The third kappa shape index (κ3) is 1.52. The molecular formula is C12H22O. The van der Waals surface area contributed by atoms with Crippen LogP contribution in [-0.2, 0) is 4.74 Å². The molecular weight excluding hydrogens is 160 g/mol. The maximum Gasteiger partial charge on any atom is 0.0661 e. The molecule has 1 aliphatic carbocycles. The van der Waals surface area contributed by atoms with E-state index in [0.717, 1.165) is 11.8 Å². The summed E-state index contributed by atoms with van der Waals surface area (Å²) in [4.78, 5) is 0. The molecule has 1 heteroatoms. The summed E-state index contributed by atoms with van der Waals surface area (Å²) in [5.74, 6) is 1.59. The van der Waals surface area contributed by atoms with Gasteiger partial charge in [-0.2, -0.15) is 0 Å². The largest absolute Gasteiger partial charge is 0.369 e. The Balaban J connectivity index is 2.29. The molecule has 0 N–H and O–H groups in total. The maximum atomic E-state index is 6.27. The van der Waals surface area contributed by atoms with E-state index in [4.69, 9.17) is 4.74 Å². The predicted molar refractivity (Wildman–Crippen MR) is 54.7 cm³/mol. The molecule has 2 bridgehead atoms. The highest BCUT2D eigenvalue weighted by atomic mass is 16.5. The SMILES string of the molecule is CC1(C)OC(C)(C)C2CCC1CC2. The van der Waals surface area contributed by atoms with Crippen molar-refractivity contribution in [2.24, 2.45) is 11.8 Å². The molecule has 0 unspecified atom stereocenters. The smallest absolute Gasteiger partial charge is 0.0661 e. The lowest BCUT2D eigenvalue weighted by molar-refractivity contribution is -0.143. The number of fused-ring (bicyclic) bond motifs is 4. The first-order chi connectivity index (χ1) is 5.92. The fourth-order valence-corrected chi connectivity index (χ4v) is 3.33. The fraction of sp³-hybridized carbons (Fsp3) is 1.00. The molecule has 3 fully saturated rings. The summed E-state index contributed by atoms with van der Waals surface area (Å²) in [6.45, 7) is 9.08. The highest BCUT2D eigenvalue weighted by Crippen LogP contribution is 2.48. The molecule has 0 spiro atoms. The van der Waals surface area contributed by atoms with Crippen molar-refractivity contribution in [3.05, 3.63) is 0 Å². The summed E-state index contributed by atoms with van der Waals surface area (Å²) < 4.78 is 6.27. The van der Waals surface area contributed by atoms with Crippen LogP contribution >= 0.6 is 0 Å². The van der Waals surface area contributed by atoms with Gasteiger partial charge in [-0.05, 0) is 65.2 Å². The first-order valence-corrected chi connectivity index (χ1v) is 5.62. The number of ether oxygens (including phenoxy) is 1. The summed E-state index contributed by atoms with van der Waals surface area (Å²) in [6.07, 6.45) is 5.50. The van der Waals surface area contributed by atoms with Crippen LogP contribution in [0.2, 0.25) is 0 Å². The van der Waals surface area contributed by atoms with Crippen molar-refractivity contribution in [1.29, 1.82) is 0 Å². The highest BCUT2D eigenvalue weighted by molar-refractivity contribution is 4.96. The minimum atomic E-state index is 0.106.